The number of ether oxygens (including phenoxy) is 1. The maximum absolute atomic E-state index is 12.4. The molecule has 2 aromatic rings. The van der Waals surface area contributed by atoms with Gasteiger partial charge in [-0.2, -0.15) is 5.10 Å². The van der Waals surface area contributed by atoms with E-state index in [1.807, 2.05) is 30.3 Å². The number of benzene rings is 1. The van der Waals surface area contributed by atoms with Crippen LogP contribution in [0.3, 0.4) is 0 Å². The van der Waals surface area contributed by atoms with Gasteiger partial charge in [-0.3, -0.25) is 9.59 Å². The van der Waals surface area contributed by atoms with E-state index in [1.54, 1.807) is 29.1 Å². The molecule has 1 fully saturated rings. The summed E-state index contributed by atoms with van der Waals surface area (Å²) in [5.41, 5.74) is 1.60. The van der Waals surface area contributed by atoms with Crippen LogP contribution >= 0.6 is 0 Å². The Balaban J connectivity index is 1.95. The highest BCUT2D eigenvalue weighted by Crippen LogP contribution is 2.36. The number of hydrogen-bond acceptors (Lipinski definition) is 4. The number of piperidine rings is 1. The van der Waals surface area contributed by atoms with Gasteiger partial charge >= 0.3 is 5.97 Å². The van der Waals surface area contributed by atoms with E-state index in [0.29, 0.717) is 19.6 Å². The van der Waals surface area contributed by atoms with Gasteiger partial charge in [0.05, 0.1) is 30.5 Å². The van der Waals surface area contributed by atoms with E-state index in [1.165, 1.54) is 0 Å². The van der Waals surface area contributed by atoms with Crippen LogP contribution in [0.4, 0.5) is 0 Å². The van der Waals surface area contributed by atoms with Gasteiger partial charge in [-0.05, 0) is 18.6 Å². The molecule has 1 amide bonds. The number of amides is 1. The van der Waals surface area contributed by atoms with Gasteiger partial charge in [0.2, 0.25) is 5.91 Å². The number of carbonyl (C=O) groups is 2. The quantitative estimate of drug-likeness (QED) is 0.866. The fourth-order valence-electron chi connectivity index (χ4n) is 3.29. The Bertz CT molecular complexity index is 744. The first-order chi connectivity index (χ1) is 12.1. The van der Waals surface area contributed by atoms with Gasteiger partial charge < -0.3 is 14.7 Å². The van der Waals surface area contributed by atoms with Crippen LogP contribution in [-0.4, -0.2) is 51.9 Å². The Morgan fingerprint density at radius 1 is 1.36 bits per heavy atom. The third-order valence-electron chi connectivity index (χ3n) is 4.52. The lowest BCUT2D eigenvalue weighted by molar-refractivity contribution is -0.152. The minimum Gasteiger partial charge on any atom is -0.481 e. The fraction of sp³-hybridized carbons (Fsp3) is 0.389. The van der Waals surface area contributed by atoms with E-state index >= 15 is 0 Å². The van der Waals surface area contributed by atoms with Crippen LogP contribution in [0.1, 0.15) is 24.4 Å². The zero-order chi connectivity index (χ0) is 17.8. The monoisotopic (exact) mass is 343 g/mol. The molecule has 7 heteroatoms. The summed E-state index contributed by atoms with van der Waals surface area (Å²) >= 11 is 0. The van der Waals surface area contributed by atoms with Gasteiger partial charge in [-0.1, -0.05) is 18.2 Å². The highest BCUT2D eigenvalue weighted by molar-refractivity contribution is 5.81. The molecule has 1 aromatic heterocycles. The van der Waals surface area contributed by atoms with Crippen molar-refractivity contribution in [2.24, 2.45) is 5.92 Å². The number of hydrogen-bond donors (Lipinski definition) is 1. The first-order valence-electron chi connectivity index (χ1n) is 8.23. The molecule has 1 aliphatic rings. The summed E-state index contributed by atoms with van der Waals surface area (Å²) in [5.74, 6) is -1.60. The normalized spacial score (nSPS) is 20.7. The van der Waals surface area contributed by atoms with Crippen LogP contribution < -0.4 is 0 Å². The van der Waals surface area contributed by atoms with Gasteiger partial charge in [0.15, 0.2) is 0 Å². The molecule has 0 bridgehead atoms. The molecule has 3 rings (SSSR count). The fourth-order valence-corrected chi connectivity index (χ4v) is 3.29. The highest BCUT2D eigenvalue weighted by atomic mass is 16.5. The second-order valence-electron chi connectivity index (χ2n) is 6.06. The summed E-state index contributed by atoms with van der Waals surface area (Å²) in [6.45, 7) is 0.724. The number of rotatable bonds is 6. The van der Waals surface area contributed by atoms with Crippen molar-refractivity contribution in [1.82, 2.24) is 14.7 Å². The van der Waals surface area contributed by atoms with Gasteiger partial charge in [0.25, 0.3) is 0 Å². The van der Waals surface area contributed by atoms with Crippen molar-refractivity contribution in [3.05, 3.63) is 48.3 Å². The highest BCUT2D eigenvalue weighted by Gasteiger charge is 2.41. The van der Waals surface area contributed by atoms with Crippen LogP contribution in [0.15, 0.2) is 42.7 Å². The van der Waals surface area contributed by atoms with E-state index in [-0.39, 0.29) is 12.3 Å². The summed E-state index contributed by atoms with van der Waals surface area (Å²) in [6.07, 6.45) is 4.02. The van der Waals surface area contributed by atoms with Crippen molar-refractivity contribution < 1.29 is 19.4 Å². The van der Waals surface area contributed by atoms with Crippen molar-refractivity contribution in [2.45, 2.75) is 18.9 Å². The Labute approximate surface area is 145 Å². The van der Waals surface area contributed by atoms with Gasteiger partial charge in [-0.15, -0.1) is 0 Å². The van der Waals surface area contributed by atoms with Crippen molar-refractivity contribution in [3.63, 3.8) is 0 Å². The number of aromatic nitrogens is 2. The molecule has 132 valence electrons. The van der Waals surface area contributed by atoms with E-state index < -0.39 is 17.9 Å². The molecule has 1 saturated heterocycles. The Hall–Kier alpha value is -2.67. The molecule has 2 atom stereocenters. The largest absolute Gasteiger partial charge is 0.481 e. The SMILES string of the molecule is COCCN1C(=O)CCC(C(=O)O)C1c1cnn(-c2ccccc2)c1. The molecule has 0 aliphatic carbocycles. The minimum atomic E-state index is -0.896. The molecule has 1 N–H and O–H groups in total. The molecule has 2 unspecified atom stereocenters. The van der Waals surface area contributed by atoms with Crippen LogP contribution in [-0.2, 0) is 14.3 Å². The summed E-state index contributed by atoms with van der Waals surface area (Å²) in [5, 5.41) is 14.0. The molecule has 0 radical (unpaired) electrons. The third kappa shape index (κ3) is 3.56. The zero-order valence-corrected chi connectivity index (χ0v) is 14.0. The summed E-state index contributed by atoms with van der Waals surface area (Å²) in [4.78, 5) is 25.7. The molecule has 7 nitrogen and oxygen atoms in total. The van der Waals surface area contributed by atoms with Crippen LogP contribution in [0.2, 0.25) is 0 Å². The lowest BCUT2D eigenvalue weighted by atomic mass is 9.85. The molecular formula is C18H21N3O4. The predicted molar refractivity (Wildman–Crippen MR) is 90.3 cm³/mol. The second-order valence-corrected chi connectivity index (χ2v) is 6.06. The first kappa shape index (κ1) is 17.2. The standard InChI is InChI=1S/C18H21N3O4/c1-25-10-9-20-16(22)8-7-15(18(23)24)17(20)13-11-19-21(12-13)14-5-3-2-4-6-14/h2-6,11-12,15,17H,7-10H2,1H3,(H,23,24). The maximum Gasteiger partial charge on any atom is 0.308 e. The molecule has 1 aliphatic heterocycles. The summed E-state index contributed by atoms with van der Waals surface area (Å²) in [6, 6.07) is 9.03. The molecule has 1 aromatic carbocycles. The predicted octanol–water partition coefficient (Wildman–Crippen LogP) is 1.88. The number of carbonyl (C=O) groups excluding carboxylic acids is 1. The molecule has 0 saturated carbocycles. The zero-order valence-electron chi connectivity index (χ0n) is 14.0. The van der Waals surface area contributed by atoms with Crippen LogP contribution in [0, 0.1) is 5.92 Å². The summed E-state index contributed by atoms with van der Waals surface area (Å²) < 4.78 is 6.78. The molecular weight excluding hydrogens is 322 g/mol. The first-order valence-corrected chi connectivity index (χ1v) is 8.23. The van der Waals surface area contributed by atoms with Crippen molar-refractivity contribution in [1.29, 1.82) is 0 Å². The van der Waals surface area contributed by atoms with Crippen LogP contribution in [0.25, 0.3) is 5.69 Å². The van der Waals surface area contributed by atoms with Crippen molar-refractivity contribution in [2.75, 3.05) is 20.3 Å². The number of carboxylic acids is 1. The topological polar surface area (TPSA) is 84.7 Å². The van der Waals surface area contributed by atoms with E-state index in [2.05, 4.69) is 5.10 Å². The third-order valence-corrected chi connectivity index (χ3v) is 4.52. The number of carboxylic acid groups (broad SMARTS) is 1. The number of aliphatic carboxylic acids is 1. The smallest absolute Gasteiger partial charge is 0.308 e. The average molecular weight is 343 g/mol. The van der Waals surface area contributed by atoms with Crippen molar-refractivity contribution in [3.8, 4) is 5.69 Å². The van der Waals surface area contributed by atoms with Gasteiger partial charge in [-0.25, -0.2) is 4.68 Å². The van der Waals surface area contributed by atoms with Gasteiger partial charge in [0, 0.05) is 31.8 Å². The number of methoxy groups -OCH3 is 1. The Kier molecular flexibility index (Phi) is 5.14. The lowest BCUT2D eigenvalue weighted by Crippen LogP contribution is -2.46. The number of para-hydroxylation sites is 1. The molecule has 25 heavy (non-hydrogen) atoms. The Morgan fingerprint density at radius 3 is 2.80 bits per heavy atom. The van der Waals surface area contributed by atoms with E-state index in [0.717, 1.165) is 11.3 Å². The Morgan fingerprint density at radius 2 is 2.12 bits per heavy atom. The van der Waals surface area contributed by atoms with Crippen molar-refractivity contribution >= 4 is 11.9 Å². The van der Waals surface area contributed by atoms with E-state index in [9.17, 15) is 14.7 Å². The number of likely N-dealkylation sites (tertiary alicyclic amines) is 1. The summed E-state index contributed by atoms with van der Waals surface area (Å²) in [7, 11) is 1.56. The lowest BCUT2D eigenvalue weighted by Gasteiger charge is -2.39. The molecule has 0 spiro atoms. The van der Waals surface area contributed by atoms with E-state index in [4.69, 9.17) is 4.74 Å². The average Bonchev–Trinajstić information content (AvgIpc) is 3.10. The maximum atomic E-state index is 12.4. The minimum absolute atomic E-state index is 0.0491. The second kappa shape index (κ2) is 7.48. The van der Waals surface area contributed by atoms with Gasteiger partial charge in [0.1, 0.15) is 0 Å². The number of nitrogens with zero attached hydrogens (tertiary/aromatic N) is 3. The molecule has 2 heterocycles. The van der Waals surface area contributed by atoms with Crippen LogP contribution in [0.5, 0.6) is 0 Å².